The first-order valence-electron chi connectivity index (χ1n) is 6.04. The lowest BCUT2D eigenvalue weighted by atomic mass is 9.98. The molecule has 5 heteroatoms. The van der Waals surface area contributed by atoms with Gasteiger partial charge in [-0.3, -0.25) is 4.55 Å². The van der Waals surface area contributed by atoms with Gasteiger partial charge in [0.2, 0.25) is 0 Å². The van der Waals surface area contributed by atoms with Crippen molar-refractivity contribution in [1.82, 2.24) is 0 Å². The first-order valence-corrected chi connectivity index (χ1v) is 7.65. The molecule has 0 aliphatic heterocycles. The minimum absolute atomic E-state index is 0.00590. The van der Waals surface area contributed by atoms with Gasteiger partial charge < -0.3 is 4.74 Å². The Morgan fingerprint density at radius 3 is 2.39 bits per heavy atom. The highest BCUT2D eigenvalue weighted by atomic mass is 32.2. The van der Waals surface area contributed by atoms with Gasteiger partial charge in [0.05, 0.1) is 19.0 Å². The monoisotopic (exact) mass is 272 g/mol. The summed E-state index contributed by atoms with van der Waals surface area (Å²) >= 11 is 0. The fraction of sp³-hybridized carbons (Fsp3) is 0.538. The van der Waals surface area contributed by atoms with Crippen LogP contribution in [0, 0.1) is 0 Å². The molecule has 0 saturated heterocycles. The SMILES string of the molecule is CCC(C)c1ccc(COCCS(=O)(=O)O)cc1. The lowest BCUT2D eigenvalue weighted by molar-refractivity contribution is 0.134. The maximum absolute atomic E-state index is 10.5. The maximum Gasteiger partial charge on any atom is 0.267 e. The van der Waals surface area contributed by atoms with Crippen molar-refractivity contribution in [2.24, 2.45) is 0 Å². The van der Waals surface area contributed by atoms with Gasteiger partial charge in [0.1, 0.15) is 0 Å². The predicted molar refractivity (Wildman–Crippen MR) is 71.2 cm³/mol. The van der Waals surface area contributed by atoms with Crippen molar-refractivity contribution in [2.45, 2.75) is 32.8 Å². The fourth-order valence-corrected chi connectivity index (χ4v) is 1.86. The largest absolute Gasteiger partial charge is 0.376 e. The molecule has 1 atom stereocenters. The van der Waals surface area contributed by atoms with E-state index >= 15 is 0 Å². The summed E-state index contributed by atoms with van der Waals surface area (Å²) in [6.45, 7) is 4.69. The van der Waals surface area contributed by atoms with E-state index in [1.165, 1.54) is 5.56 Å². The van der Waals surface area contributed by atoms with Crippen molar-refractivity contribution >= 4 is 10.1 Å². The molecule has 0 radical (unpaired) electrons. The molecule has 0 aliphatic rings. The summed E-state index contributed by atoms with van der Waals surface area (Å²) in [4.78, 5) is 0. The normalized spacial score (nSPS) is 13.5. The Hall–Kier alpha value is -0.910. The van der Waals surface area contributed by atoms with Crippen LogP contribution in [0.1, 0.15) is 37.3 Å². The molecule has 0 bridgehead atoms. The van der Waals surface area contributed by atoms with Gasteiger partial charge >= 0.3 is 0 Å². The quantitative estimate of drug-likeness (QED) is 0.612. The zero-order valence-corrected chi connectivity index (χ0v) is 11.6. The second-order valence-corrected chi connectivity index (χ2v) is 5.96. The zero-order valence-electron chi connectivity index (χ0n) is 10.8. The van der Waals surface area contributed by atoms with Crippen LogP contribution in [-0.4, -0.2) is 25.3 Å². The molecule has 4 nitrogen and oxygen atoms in total. The molecule has 0 spiro atoms. The highest BCUT2D eigenvalue weighted by molar-refractivity contribution is 7.85. The smallest absolute Gasteiger partial charge is 0.267 e. The third kappa shape index (κ3) is 5.62. The third-order valence-electron chi connectivity index (χ3n) is 2.92. The molecule has 1 unspecified atom stereocenters. The Bertz CT molecular complexity index is 450. The summed E-state index contributed by atoms with van der Waals surface area (Å²) in [6, 6.07) is 8.09. The van der Waals surface area contributed by atoms with E-state index in [2.05, 4.69) is 26.0 Å². The van der Waals surface area contributed by atoms with Crippen LogP contribution in [0.4, 0.5) is 0 Å². The standard InChI is InChI=1S/C13H20O4S/c1-3-11(2)13-6-4-12(5-7-13)10-17-8-9-18(14,15)16/h4-7,11H,3,8-10H2,1-2H3,(H,14,15,16). The van der Waals surface area contributed by atoms with Crippen molar-refractivity contribution in [3.05, 3.63) is 35.4 Å². The van der Waals surface area contributed by atoms with Crippen molar-refractivity contribution in [3.63, 3.8) is 0 Å². The van der Waals surface area contributed by atoms with Gasteiger partial charge in [-0.15, -0.1) is 0 Å². The number of ether oxygens (including phenoxy) is 1. The van der Waals surface area contributed by atoms with Crippen LogP contribution >= 0.6 is 0 Å². The Labute approximate surface area is 109 Å². The Morgan fingerprint density at radius 1 is 1.28 bits per heavy atom. The second kappa shape index (κ2) is 6.87. The molecule has 0 saturated carbocycles. The number of benzene rings is 1. The van der Waals surface area contributed by atoms with Crippen LogP contribution < -0.4 is 0 Å². The number of rotatable bonds is 7. The van der Waals surface area contributed by atoms with Gasteiger partial charge in [-0.05, 0) is 23.5 Å². The van der Waals surface area contributed by atoms with Crippen molar-refractivity contribution in [3.8, 4) is 0 Å². The van der Waals surface area contributed by atoms with Gasteiger partial charge in [0, 0.05) is 0 Å². The van der Waals surface area contributed by atoms with Gasteiger partial charge in [0.15, 0.2) is 0 Å². The lowest BCUT2D eigenvalue weighted by Crippen LogP contribution is -2.10. The summed E-state index contributed by atoms with van der Waals surface area (Å²) in [5.41, 5.74) is 2.29. The van der Waals surface area contributed by atoms with E-state index in [0.29, 0.717) is 12.5 Å². The maximum atomic E-state index is 10.5. The molecule has 1 N–H and O–H groups in total. The minimum atomic E-state index is -3.92. The summed E-state index contributed by atoms with van der Waals surface area (Å²) in [5.74, 6) is 0.178. The van der Waals surface area contributed by atoms with E-state index in [9.17, 15) is 8.42 Å². The average Bonchev–Trinajstić information content (AvgIpc) is 2.33. The van der Waals surface area contributed by atoms with E-state index in [-0.39, 0.29) is 12.4 Å². The summed E-state index contributed by atoms with van der Waals surface area (Å²) < 4.78 is 34.7. The Balaban J connectivity index is 2.40. The van der Waals surface area contributed by atoms with Gasteiger partial charge in [0.25, 0.3) is 10.1 Å². The molecule has 0 heterocycles. The topological polar surface area (TPSA) is 63.6 Å². The van der Waals surface area contributed by atoms with E-state index < -0.39 is 10.1 Å². The van der Waals surface area contributed by atoms with Gasteiger partial charge in [-0.25, -0.2) is 0 Å². The van der Waals surface area contributed by atoms with Crippen molar-refractivity contribution in [1.29, 1.82) is 0 Å². The fourth-order valence-electron chi connectivity index (χ4n) is 1.53. The molecule has 1 rings (SSSR count). The molecule has 0 aromatic heterocycles. The molecule has 1 aromatic carbocycles. The number of hydrogen-bond donors (Lipinski definition) is 1. The van der Waals surface area contributed by atoms with Gasteiger partial charge in [-0.1, -0.05) is 38.1 Å². The molecule has 0 amide bonds. The van der Waals surface area contributed by atoms with Crippen LogP contribution in [0.2, 0.25) is 0 Å². The van der Waals surface area contributed by atoms with Crippen LogP contribution in [-0.2, 0) is 21.5 Å². The average molecular weight is 272 g/mol. The van der Waals surface area contributed by atoms with Crippen LogP contribution in [0.25, 0.3) is 0 Å². The van der Waals surface area contributed by atoms with Crippen molar-refractivity contribution < 1.29 is 17.7 Å². The lowest BCUT2D eigenvalue weighted by Gasteiger charge is -2.09. The first-order chi connectivity index (χ1) is 8.42. The molecule has 18 heavy (non-hydrogen) atoms. The molecule has 0 fully saturated rings. The Kier molecular flexibility index (Phi) is 5.78. The van der Waals surface area contributed by atoms with Crippen molar-refractivity contribution in [2.75, 3.05) is 12.4 Å². The van der Waals surface area contributed by atoms with E-state index in [4.69, 9.17) is 9.29 Å². The predicted octanol–water partition coefficient (Wildman–Crippen LogP) is 2.60. The Morgan fingerprint density at radius 2 is 1.89 bits per heavy atom. The molecule has 1 aromatic rings. The zero-order chi connectivity index (χ0) is 13.6. The van der Waals surface area contributed by atoms with Crippen LogP contribution in [0.3, 0.4) is 0 Å². The summed E-state index contributed by atoms with van der Waals surface area (Å²) in [5, 5.41) is 0. The van der Waals surface area contributed by atoms with Crippen LogP contribution in [0.15, 0.2) is 24.3 Å². The highest BCUT2D eigenvalue weighted by Gasteiger charge is 2.05. The number of hydrogen-bond acceptors (Lipinski definition) is 3. The van der Waals surface area contributed by atoms with E-state index in [1.807, 2.05) is 12.1 Å². The second-order valence-electron chi connectivity index (χ2n) is 4.39. The highest BCUT2D eigenvalue weighted by Crippen LogP contribution is 2.18. The third-order valence-corrected chi connectivity index (χ3v) is 3.60. The molecular formula is C13H20O4S. The van der Waals surface area contributed by atoms with E-state index in [0.717, 1.165) is 12.0 Å². The molecular weight excluding hydrogens is 252 g/mol. The summed E-state index contributed by atoms with van der Waals surface area (Å²) in [6.07, 6.45) is 1.10. The van der Waals surface area contributed by atoms with Crippen LogP contribution in [0.5, 0.6) is 0 Å². The summed E-state index contributed by atoms with van der Waals surface area (Å²) in [7, 11) is -3.92. The molecule has 102 valence electrons. The first kappa shape index (κ1) is 15.1. The van der Waals surface area contributed by atoms with Gasteiger partial charge in [-0.2, -0.15) is 8.42 Å². The molecule has 0 aliphatic carbocycles. The van der Waals surface area contributed by atoms with E-state index in [1.54, 1.807) is 0 Å². The minimum Gasteiger partial charge on any atom is -0.376 e.